The van der Waals surface area contributed by atoms with Crippen LogP contribution < -0.4 is 5.73 Å². The molecule has 0 aliphatic rings. The van der Waals surface area contributed by atoms with Gasteiger partial charge in [-0.25, -0.2) is 9.37 Å². The van der Waals surface area contributed by atoms with Gasteiger partial charge in [-0.05, 0) is 11.6 Å². The van der Waals surface area contributed by atoms with Crippen LogP contribution in [-0.2, 0) is 0 Å². The summed E-state index contributed by atoms with van der Waals surface area (Å²) in [6.07, 6.45) is 2.97. The van der Waals surface area contributed by atoms with Gasteiger partial charge in [0.25, 0.3) is 0 Å². The van der Waals surface area contributed by atoms with Crippen molar-refractivity contribution >= 4 is 11.9 Å². The number of rotatable bonds is 1. The van der Waals surface area contributed by atoms with Crippen LogP contribution in [0.4, 0.5) is 10.2 Å². The van der Waals surface area contributed by atoms with Crippen molar-refractivity contribution in [1.29, 1.82) is 0 Å². The highest BCUT2D eigenvalue weighted by molar-refractivity contribution is 5.48. The van der Waals surface area contributed by atoms with E-state index in [1.807, 2.05) is 0 Å². The van der Waals surface area contributed by atoms with Gasteiger partial charge < -0.3 is 5.73 Å². The van der Waals surface area contributed by atoms with E-state index < -0.39 is 5.82 Å². The highest BCUT2D eigenvalue weighted by Gasteiger charge is 1.97. The predicted molar refractivity (Wildman–Crippen MR) is 38.7 cm³/mol. The largest absolute Gasteiger partial charge is 0.381 e. The van der Waals surface area contributed by atoms with Gasteiger partial charge in [-0.15, -0.1) is 0 Å². The molecule has 0 saturated carbocycles. The summed E-state index contributed by atoms with van der Waals surface area (Å²) in [7, 11) is 0. The molecule has 1 heterocycles. The van der Waals surface area contributed by atoms with Crippen LogP contribution in [0.1, 0.15) is 5.56 Å². The molecule has 0 spiro atoms. The summed E-state index contributed by atoms with van der Waals surface area (Å²) < 4.78 is 12.5. The number of aromatic nitrogens is 1. The Balaban J connectivity index is 3.16. The summed E-state index contributed by atoms with van der Waals surface area (Å²) in [6.45, 7) is 3.45. The van der Waals surface area contributed by atoms with Crippen LogP contribution in [0.15, 0.2) is 18.8 Å². The monoisotopic (exact) mass is 138 g/mol. The third-order valence-electron chi connectivity index (χ3n) is 1.13. The van der Waals surface area contributed by atoms with Crippen molar-refractivity contribution in [3.05, 3.63) is 30.2 Å². The molecule has 1 aromatic rings. The lowest BCUT2D eigenvalue weighted by molar-refractivity contribution is 0.627. The highest BCUT2D eigenvalue weighted by atomic mass is 19.1. The van der Waals surface area contributed by atoms with E-state index in [4.69, 9.17) is 5.73 Å². The first-order valence-corrected chi connectivity index (χ1v) is 2.77. The minimum absolute atomic E-state index is 0.0781. The first-order valence-electron chi connectivity index (χ1n) is 2.77. The quantitative estimate of drug-likeness (QED) is 0.637. The molecule has 52 valence electrons. The van der Waals surface area contributed by atoms with Gasteiger partial charge in [-0.2, -0.15) is 0 Å². The fraction of sp³-hybridized carbons (Fsp3) is 0. The lowest BCUT2D eigenvalue weighted by Gasteiger charge is -1.94. The summed E-state index contributed by atoms with van der Waals surface area (Å²) in [6, 6.07) is 1.29. The van der Waals surface area contributed by atoms with Crippen LogP contribution in [0.3, 0.4) is 0 Å². The first-order chi connectivity index (χ1) is 4.74. The second-order valence-corrected chi connectivity index (χ2v) is 1.84. The number of nitrogens with two attached hydrogens (primary N) is 1. The van der Waals surface area contributed by atoms with E-state index in [-0.39, 0.29) is 5.82 Å². The van der Waals surface area contributed by atoms with Crippen molar-refractivity contribution in [1.82, 2.24) is 4.98 Å². The molecule has 2 N–H and O–H groups in total. The number of hydrogen-bond acceptors (Lipinski definition) is 2. The molecule has 0 saturated heterocycles. The molecule has 0 radical (unpaired) electrons. The fourth-order valence-electron chi connectivity index (χ4n) is 0.575. The molecular weight excluding hydrogens is 131 g/mol. The van der Waals surface area contributed by atoms with Crippen LogP contribution in [0, 0.1) is 5.82 Å². The summed E-state index contributed by atoms with van der Waals surface area (Å²) in [5.74, 6) is -0.581. The van der Waals surface area contributed by atoms with E-state index in [9.17, 15) is 4.39 Å². The van der Waals surface area contributed by atoms with Crippen LogP contribution in [0.25, 0.3) is 6.08 Å². The summed E-state index contributed by atoms with van der Waals surface area (Å²) in [5.41, 5.74) is 5.75. The van der Waals surface area contributed by atoms with Crippen molar-refractivity contribution in [3.63, 3.8) is 0 Å². The van der Waals surface area contributed by atoms with E-state index in [1.165, 1.54) is 18.3 Å². The SMILES string of the molecule is C=Cc1cnc(N)c(F)c1. The van der Waals surface area contributed by atoms with E-state index in [0.717, 1.165) is 0 Å². The zero-order chi connectivity index (χ0) is 7.56. The molecule has 0 unspecified atom stereocenters. The number of hydrogen-bond donors (Lipinski definition) is 1. The van der Waals surface area contributed by atoms with Crippen molar-refractivity contribution < 1.29 is 4.39 Å². The first kappa shape index (κ1) is 6.74. The van der Waals surface area contributed by atoms with Crippen molar-refractivity contribution in [2.45, 2.75) is 0 Å². The maximum Gasteiger partial charge on any atom is 0.165 e. The standard InChI is InChI=1S/C7H7FN2/c1-2-5-3-6(8)7(9)10-4-5/h2-4H,1H2,(H2,9,10). The van der Waals surface area contributed by atoms with Crippen LogP contribution in [0.2, 0.25) is 0 Å². The molecule has 3 heteroatoms. The third-order valence-corrected chi connectivity index (χ3v) is 1.13. The van der Waals surface area contributed by atoms with Crippen molar-refractivity contribution in [2.75, 3.05) is 5.73 Å². The number of halogens is 1. The predicted octanol–water partition coefficient (Wildman–Crippen LogP) is 1.45. The molecular formula is C7H7FN2. The maximum atomic E-state index is 12.5. The lowest BCUT2D eigenvalue weighted by Crippen LogP contribution is -1.94. The minimum Gasteiger partial charge on any atom is -0.381 e. The lowest BCUT2D eigenvalue weighted by atomic mass is 10.3. The van der Waals surface area contributed by atoms with Crippen LogP contribution in [-0.4, -0.2) is 4.98 Å². The average Bonchev–Trinajstić information content (AvgIpc) is 1.95. The Kier molecular flexibility index (Phi) is 1.67. The summed E-state index contributed by atoms with van der Waals surface area (Å²) >= 11 is 0. The Morgan fingerprint density at radius 1 is 1.70 bits per heavy atom. The molecule has 0 aliphatic heterocycles. The molecule has 1 rings (SSSR count). The minimum atomic E-state index is -0.502. The van der Waals surface area contributed by atoms with Gasteiger partial charge in [-0.3, -0.25) is 0 Å². The molecule has 2 nitrogen and oxygen atoms in total. The molecule has 0 atom stereocenters. The summed E-state index contributed by atoms with van der Waals surface area (Å²) in [5, 5.41) is 0. The van der Waals surface area contributed by atoms with Crippen LogP contribution >= 0.6 is 0 Å². The number of nitrogens with zero attached hydrogens (tertiary/aromatic N) is 1. The Bertz CT molecular complexity index is 258. The van der Waals surface area contributed by atoms with Gasteiger partial charge in [0.05, 0.1) is 0 Å². The Labute approximate surface area is 58.2 Å². The van der Waals surface area contributed by atoms with Gasteiger partial charge in [0.2, 0.25) is 0 Å². The maximum absolute atomic E-state index is 12.5. The topological polar surface area (TPSA) is 38.9 Å². The van der Waals surface area contributed by atoms with E-state index in [1.54, 1.807) is 0 Å². The van der Waals surface area contributed by atoms with E-state index in [2.05, 4.69) is 11.6 Å². The molecule has 1 aromatic heterocycles. The number of anilines is 1. The average molecular weight is 138 g/mol. The molecule has 0 aliphatic carbocycles. The van der Waals surface area contributed by atoms with Crippen LogP contribution in [0.5, 0.6) is 0 Å². The molecule has 0 fully saturated rings. The summed E-state index contributed by atoms with van der Waals surface area (Å²) in [4.78, 5) is 3.58. The Morgan fingerprint density at radius 2 is 2.40 bits per heavy atom. The highest BCUT2D eigenvalue weighted by Crippen LogP contribution is 2.08. The van der Waals surface area contributed by atoms with Gasteiger partial charge in [-0.1, -0.05) is 12.7 Å². The normalized spacial score (nSPS) is 9.30. The van der Waals surface area contributed by atoms with Crippen molar-refractivity contribution in [3.8, 4) is 0 Å². The Morgan fingerprint density at radius 3 is 2.90 bits per heavy atom. The molecule has 0 aromatic carbocycles. The zero-order valence-corrected chi connectivity index (χ0v) is 5.34. The third kappa shape index (κ3) is 1.13. The van der Waals surface area contributed by atoms with E-state index >= 15 is 0 Å². The molecule has 10 heavy (non-hydrogen) atoms. The van der Waals surface area contributed by atoms with Gasteiger partial charge >= 0.3 is 0 Å². The fourth-order valence-corrected chi connectivity index (χ4v) is 0.575. The zero-order valence-electron chi connectivity index (χ0n) is 5.34. The van der Waals surface area contributed by atoms with E-state index in [0.29, 0.717) is 5.56 Å². The van der Waals surface area contributed by atoms with Gasteiger partial charge in [0.15, 0.2) is 11.6 Å². The molecule has 0 amide bonds. The van der Waals surface area contributed by atoms with Gasteiger partial charge in [0.1, 0.15) is 0 Å². The molecule has 0 bridgehead atoms. The van der Waals surface area contributed by atoms with Gasteiger partial charge in [0, 0.05) is 6.20 Å². The smallest absolute Gasteiger partial charge is 0.165 e. The van der Waals surface area contributed by atoms with Crippen molar-refractivity contribution in [2.24, 2.45) is 0 Å². The number of pyridine rings is 1. The Hall–Kier alpha value is -1.38. The number of nitrogen functional groups attached to an aromatic ring is 1. The second kappa shape index (κ2) is 2.47. The second-order valence-electron chi connectivity index (χ2n) is 1.84.